The summed E-state index contributed by atoms with van der Waals surface area (Å²) in [6.07, 6.45) is 4.25. The van der Waals surface area contributed by atoms with Crippen LogP contribution < -0.4 is 0 Å². The van der Waals surface area contributed by atoms with Gasteiger partial charge >= 0.3 is 5.97 Å². The van der Waals surface area contributed by atoms with Gasteiger partial charge in [0.2, 0.25) is 0 Å². The molecule has 3 heteroatoms. The van der Waals surface area contributed by atoms with Crippen LogP contribution in [-0.2, 0) is 12.8 Å². The number of carboxylic acid groups (broad SMARTS) is 1. The molecule has 19 heavy (non-hydrogen) atoms. The molecule has 3 nitrogen and oxygen atoms in total. The zero-order valence-corrected chi connectivity index (χ0v) is 12.3. The summed E-state index contributed by atoms with van der Waals surface area (Å²) in [5, 5.41) is 9.20. The summed E-state index contributed by atoms with van der Waals surface area (Å²) in [5.41, 5.74) is 3.55. The van der Waals surface area contributed by atoms with Gasteiger partial charge in [0, 0.05) is 5.69 Å². The van der Waals surface area contributed by atoms with Crippen molar-refractivity contribution in [2.45, 2.75) is 53.4 Å². The molecule has 1 aromatic heterocycles. The fourth-order valence-electron chi connectivity index (χ4n) is 2.94. The maximum Gasteiger partial charge on any atom is 0.337 e. The molecule has 0 radical (unpaired) electrons. The minimum Gasteiger partial charge on any atom is -0.478 e. The monoisotopic (exact) mass is 261 g/mol. The van der Waals surface area contributed by atoms with Crippen molar-refractivity contribution in [3.05, 3.63) is 28.6 Å². The third kappa shape index (κ3) is 2.65. The lowest BCUT2D eigenvalue weighted by atomic mass is 9.69. The summed E-state index contributed by atoms with van der Waals surface area (Å²) >= 11 is 0. The summed E-state index contributed by atoms with van der Waals surface area (Å²) < 4.78 is 0. The number of rotatable bonds is 3. The number of fused-ring (bicyclic) bond motifs is 1. The number of pyridine rings is 1. The standard InChI is InChI=1S/C16H23NO2/c1-5-16(3,4)12-6-7-14-11(8-12)9-13(15(18)19)10(2)17-14/h9,12H,5-8H2,1-4H3,(H,18,19). The van der Waals surface area contributed by atoms with E-state index in [0.29, 0.717) is 22.6 Å². The molecule has 1 N–H and O–H groups in total. The van der Waals surface area contributed by atoms with Crippen LogP contribution in [0.2, 0.25) is 0 Å². The average molecular weight is 261 g/mol. The Labute approximate surface area is 115 Å². The van der Waals surface area contributed by atoms with Crippen LogP contribution in [0.15, 0.2) is 6.07 Å². The van der Waals surface area contributed by atoms with Crippen molar-refractivity contribution in [2.24, 2.45) is 11.3 Å². The molecule has 0 saturated carbocycles. The molecule has 0 aliphatic heterocycles. The van der Waals surface area contributed by atoms with Crippen molar-refractivity contribution in [1.82, 2.24) is 4.98 Å². The van der Waals surface area contributed by atoms with Crippen LogP contribution in [-0.4, -0.2) is 16.1 Å². The van der Waals surface area contributed by atoms with Gasteiger partial charge in [0.05, 0.1) is 11.3 Å². The second-order valence-corrected chi connectivity index (χ2v) is 6.31. The van der Waals surface area contributed by atoms with Crippen LogP contribution in [0.5, 0.6) is 0 Å². The van der Waals surface area contributed by atoms with E-state index in [1.807, 2.05) is 6.07 Å². The van der Waals surface area contributed by atoms with Crippen LogP contribution >= 0.6 is 0 Å². The third-order valence-corrected chi connectivity index (χ3v) is 4.82. The van der Waals surface area contributed by atoms with E-state index in [0.717, 1.165) is 36.9 Å². The van der Waals surface area contributed by atoms with Crippen LogP contribution in [0.3, 0.4) is 0 Å². The lowest BCUT2D eigenvalue weighted by Crippen LogP contribution is -2.29. The van der Waals surface area contributed by atoms with E-state index in [1.54, 1.807) is 6.92 Å². The normalized spacial score (nSPS) is 19.1. The first kappa shape index (κ1) is 14.0. The highest BCUT2D eigenvalue weighted by Crippen LogP contribution is 2.39. The second-order valence-electron chi connectivity index (χ2n) is 6.31. The Hall–Kier alpha value is -1.38. The maximum absolute atomic E-state index is 11.2. The zero-order valence-electron chi connectivity index (χ0n) is 12.3. The largest absolute Gasteiger partial charge is 0.478 e. The number of hydrogen-bond acceptors (Lipinski definition) is 2. The van der Waals surface area contributed by atoms with Gasteiger partial charge in [-0.25, -0.2) is 4.79 Å². The van der Waals surface area contributed by atoms with Crippen LogP contribution in [0.4, 0.5) is 0 Å². The maximum atomic E-state index is 11.2. The number of carbonyl (C=O) groups is 1. The number of aryl methyl sites for hydroxylation is 2. The van der Waals surface area contributed by atoms with Crippen molar-refractivity contribution in [3.8, 4) is 0 Å². The molecule has 0 amide bonds. The quantitative estimate of drug-likeness (QED) is 0.904. The SMILES string of the molecule is CCC(C)(C)C1CCc2nc(C)c(C(=O)O)cc2C1. The highest BCUT2D eigenvalue weighted by molar-refractivity contribution is 5.89. The third-order valence-electron chi connectivity index (χ3n) is 4.82. The van der Waals surface area contributed by atoms with Crippen molar-refractivity contribution in [2.75, 3.05) is 0 Å². The van der Waals surface area contributed by atoms with Crippen molar-refractivity contribution < 1.29 is 9.90 Å². The first-order valence-corrected chi connectivity index (χ1v) is 7.08. The molecule has 1 aliphatic carbocycles. The summed E-state index contributed by atoms with van der Waals surface area (Å²) in [7, 11) is 0. The van der Waals surface area contributed by atoms with E-state index in [9.17, 15) is 9.90 Å². The molecule has 0 bridgehead atoms. The molecule has 1 aromatic rings. The van der Waals surface area contributed by atoms with Crippen LogP contribution in [0.1, 0.15) is 60.9 Å². The van der Waals surface area contributed by atoms with Crippen LogP contribution in [0.25, 0.3) is 0 Å². The Balaban J connectivity index is 2.34. The van der Waals surface area contributed by atoms with E-state index in [4.69, 9.17) is 0 Å². The number of hydrogen-bond donors (Lipinski definition) is 1. The topological polar surface area (TPSA) is 50.2 Å². The fourth-order valence-corrected chi connectivity index (χ4v) is 2.94. The molecule has 0 saturated heterocycles. The van der Waals surface area contributed by atoms with E-state index >= 15 is 0 Å². The molecule has 0 aromatic carbocycles. The zero-order chi connectivity index (χ0) is 14.2. The van der Waals surface area contributed by atoms with E-state index in [2.05, 4.69) is 25.8 Å². The molecule has 2 rings (SSSR count). The number of aromatic carboxylic acids is 1. The Morgan fingerprint density at radius 1 is 1.53 bits per heavy atom. The molecule has 1 heterocycles. The van der Waals surface area contributed by atoms with Crippen molar-refractivity contribution in [1.29, 1.82) is 0 Å². The van der Waals surface area contributed by atoms with E-state index < -0.39 is 5.97 Å². The Morgan fingerprint density at radius 3 is 2.79 bits per heavy atom. The minimum atomic E-state index is -0.871. The van der Waals surface area contributed by atoms with Crippen molar-refractivity contribution in [3.63, 3.8) is 0 Å². The summed E-state index contributed by atoms with van der Waals surface area (Å²) in [6, 6.07) is 1.85. The summed E-state index contributed by atoms with van der Waals surface area (Å²) in [6.45, 7) is 8.63. The Kier molecular flexibility index (Phi) is 3.66. The van der Waals surface area contributed by atoms with E-state index in [1.165, 1.54) is 0 Å². The fraction of sp³-hybridized carbons (Fsp3) is 0.625. The summed E-state index contributed by atoms with van der Waals surface area (Å²) in [5.74, 6) is -0.249. The minimum absolute atomic E-state index is 0.311. The highest BCUT2D eigenvalue weighted by Gasteiger charge is 2.32. The lowest BCUT2D eigenvalue weighted by Gasteiger charge is -2.37. The lowest BCUT2D eigenvalue weighted by molar-refractivity contribution is 0.0695. The molecular weight excluding hydrogens is 238 g/mol. The molecular formula is C16H23NO2. The van der Waals surface area contributed by atoms with Gasteiger partial charge in [0.15, 0.2) is 0 Å². The first-order valence-electron chi connectivity index (χ1n) is 7.08. The molecule has 1 atom stereocenters. The first-order chi connectivity index (χ1) is 8.85. The summed E-state index contributed by atoms with van der Waals surface area (Å²) in [4.78, 5) is 15.7. The van der Waals surface area contributed by atoms with Gasteiger partial charge in [-0.05, 0) is 49.1 Å². The molecule has 104 valence electrons. The van der Waals surface area contributed by atoms with Gasteiger partial charge in [-0.3, -0.25) is 4.98 Å². The van der Waals surface area contributed by atoms with Crippen molar-refractivity contribution >= 4 is 5.97 Å². The number of aromatic nitrogens is 1. The molecule has 1 unspecified atom stereocenters. The predicted octanol–water partition coefficient (Wildman–Crippen LogP) is 3.63. The average Bonchev–Trinajstić information content (AvgIpc) is 2.37. The van der Waals surface area contributed by atoms with Gasteiger partial charge in [-0.1, -0.05) is 27.2 Å². The van der Waals surface area contributed by atoms with E-state index in [-0.39, 0.29) is 0 Å². The molecule has 1 aliphatic rings. The Bertz CT molecular complexity index is 506. The predicted molar refractivity (Wildman–Crippen MR) is 75.5 cm³/mol. The van der Waals surface area contributed by atoms with Gasteiger partial charge in [-0.2, -0.15) is 0 Å². The smallest absolute Gasteiger partial charge is 0.337 e. The number of nitrogens with zero attached hydrogens (tertiary/aromatic N) is 1. The van der Waals surface area contributed by atoms with Crippen LogP contribution in [0, 0.1) is 18.3 Å². The highest BCUT2D eigenvalue weighted by atomic mass is 16.4. The van der Waals surface area contributed by atoms with Gasteiger partial charge < -0.3 is 5.11 Å². The van der Waals surface area contributed by atoms with Gasteiger partial charge in [-0.15, -0.1) is 0 Å². The molecule has 0 fully saturated rings. The number of carboxylic acids is 1. The van der Waals surface area contributed by atoms with Gasteiger partial charge in [0.25, 0.3) is 0 Å². The second kappa shape index (κ2) is 4.95. The van der Waals surface area contributed by atoms with Gasteiger partial charge in [0.1, 0.15) is 0 Å². The Morgan fingerprint density at radius 2 is 2.21 bits per heavy atom. The molecule has 0 spiro atoms.